The molecule has 1 heterocycles. The quantitative estimate of drug-likeness (QED) is 0.611. The van der Waals surface area contributed by atoms with E-state index in [-0.39, 0.29) is 11.5 Å². The Morgan fingerprint density at radius 2 is 1.74 bits per heavy atom. The zero-order valence-electron chi connectivity index (χ0n) is 15.8. The zero-order chi connectivity index (χ0) is 19.6. The van der Waals surface area contributed by atoms with Crippen LogP contribution in [-0.2, 0) is 14.3 Å². The van der Waals surface area contributed by atoms with Gasteiger partial charge in [0.1, 0.15) is 5.75 Å². The maximum Gasteiger partial charge on any atom is 0.340 e. The molecule has 0 aliphatic carbocycles. The van der Waals surface area contributed by atoms with Crippen molar-refractivity contribution in [2.24, 2.45) is 0 Å². The van der Waals surface area contributed by atoms with Gasteiger partial charge < -0.3 is 9.47 Å². The smallest absolute Gasteiger partial charge is 0.340 e. The summed E-state index contributed by atoms with van der Waals surface area (Å²) in [7, 11) is 2.89. The van der Waals surface area contributed by atoms with Gasteiger partial charge >= 0.3 is 5.97 Å². The van der Waals surface area contributed by atoms with E-state index in [0.29, 0.717) is 22.7 Å². The molecular formula is C22H21NO4. The molecule has 0 aromatic heterocycles. The first kappa shape index (κ1) is 18.5. The lowest BCUT2D eigenvalue weighted by molar-refractivity contribution is -0.136. The number of hydrogen-bond acceptors (Lipinski definition) is 4. The van der Waals surface area contributed by atoms with E-state index < -0.39 is 5.97 Å². The molecule has 3 rings (SSSR count). The number of carbonyl (C=O) groups is 2. The molecule has 0 fully saturated rings. The van der Waals surface area contributed by atoms with E-state index in [2.05, 4.69) is 0 Å². The van der Waals surface area contributed by atoms with E-state index in [0.717, 1.165) is 11.1 Å². The lowest BCUT2D eigenvalue weighted by atomic mass is 10.0. The van der Waals surface area contributed by atoms with E-state index in [9.17, 15) is 9.59 Å². The summed E-state index contributed by atoms with van der Waals surface area (Å²) in [5.74, 6) is -0.130. The number of amides is 1. The number of hydrogen-bond donors (Lipinski definition) is 0. The van der Waals surface area contributed by atoms with Crippen LogP contribution in [0.25, 0.3) is 6.08 Å². The van der Waals surface area contributed by atoms with Gasteiger partial charge in [0.05, 0.1) is 25.4 Å². The molecule has 0 spiro atoms. The van der Waals surface area contributed by atoms with Crippen molar-refractivity contribution in [3.8, 4) is 5.75 Å². The second kappa shape index (κ2) is 7.50. The Kier molecular flexibility index (Phi) is 5.12. The van der Waals surface area contributed by atoms with Crippen molar-refractivity contribution < 1.29 is 19.1 Å². The number of methoxy groups -OCH3 is 2. The average molecular weight is 363 g/mol. The van der Waals surface area contributed by atoms with E-state index >= 15 is 0 Å². The maximum absolute atomic E-state index is 13.2. The molecule has 1 amide bonds. The average Bonchev–Trinajstić information content (AvgIpc) is 2.92. The Bertz CT molecular complexity index is 955. The van der Waals surface area contributed by atoms with Crippen LogP contribution in [0.2, 0.25) is 0 Å². The standard InChI is InChI=1S/C22H21NO4/c1-14-8-10-17(11-9-14)23-15(2)20(22(25)27-4)19(21(23)24)13-16-6-5-7-18(12-16)26-3/h5-13H,1-4H3/b19-13-. The third kappa shape index (κ3) is 3.49. The molecular weight excluding hydrogens is 342 g/mol. The third-order valence-electron chi connectivity index (χ3n) is 4.49. The maximum atomic E-state index is 13.2. The molecule has 1 aliphatic rings. The Labute approximate surface area is 158 Å². The normalized spacial score (nSPS) is 15.5. The summed E-state index contributed by atoms with van der Waals surface area (Å²) in [6, 6.07) is 14.9. The monoisotopic (exact) mass is 363 g/mol. The van der Waals surface area contributed by atoms with Gasteiger partial charge in [-0.1, -0.05) is 29.8 Å². The summed E-state index contributed by atoms with van der Waals surface area (Å²) in [6.45, 7) is 3.72. The van der Waals surface area contributed by atoms with Gasteiger partial charge in [0.2, 0.25) is 0 Å². The summed E-state index contributed by atoms with van der Waals surface area (Å²) in [5.41, 5.74) is 3.67. The molecule has 2 aromatic rings. The molecule has 0 bridgehead atoms. The van der Waals surface area contributed by atoms with Crippen LogP contribution >= 0.6 is 0 Å². The Morgan fingerprint density at radius 1 is 1.04 bits per heavy atom. The number of carbonyl (C=O) groups excluding carboxylic acids is 2. The van der Waals surface area contributed by atoms with Crippen molar-refractivity contribution in [2.75, 3.05) is 19.1 Å². The number of allylic oxidation sites excluding steroid dienone is 1. The molecule has 5 nitrogen and oxygen atoms in total. The predicted octanol–water partition coefficient (Wildman–Crippen LogP) is 3.88. The van der Waals surface area contributed by atoms with Crippen LogP contribution in [0, 0.1) is 6.92 Å². The number of ether oxygens (including phenoxy) is 2. The van der Waals surface area contributed by atoms with Crippen LogP contribution in [0.5, 0.6) is 5.75 Å². The van der Waals surface area contributed by atoms with Gasteiger partial charge in [-0.15, -0.1) is 0 Å². The van der Waals surface area contributed by atoms with E-state index in [1.165, 1.54) is 12.0 Å². The lowest BCUT2D eigenvalue weighted by Crippen LogP contribution is -2.24. The van der Waals surface area contributed by atoms with Gasteiger partial charge in [0.15, 0.2) is 0 Å². The minimum atomic E-state index is -0.537. The topological polar surface area (TPSA) is 55.8 Å². The zero-order valence-corrected chi connectivity index (χ0v) is 15.8. The number of aryl methyl sites for hydroxylation is 1. The number of esters is 1. The van der Waals surface area contributed by atoms with Crippen LogP contribution in [0.4, 0.5) is 5.69 Å². The fraction of sp³-hybridized carbons (Fsp3) is 0.182. The van der Waals surface area contributed by atoms with Crippen molar-refractivity contribution in [1.82, 2.24) is 0 Å². The fourth-order valence-corrected chi connectivity index (χ4v) is 3.08. The lowest BCUT2D eigenvalue weighted by Gasteiger charge is -2.18. The van der Waals surface area contributed by atoms with E-state index in [1.807, 2.05) is 49.4 Å². The van der Waals surface area contributed by atoms with E-state index in [1.54, 1.807) is 26.2 Å². The van der Waals surface area contributed by atoms with Gasteiger partial charge in [0.25, 0.3) is 5.91 Å². The van der Waals surface area contributed by atoms with Crippen molar-refractivity contribution in [3.63, 3.8) is 0 Å². The van der Waals surface area contributed by atoms with Gasteiger partial charge in [0, 0.05) is 11.4 Å². The van der Waals surface area contributed by atoms with Gasteiger partial charge in [-0.3, -0.25) is 9.69 Å². The minimum absolute atomic E-state index is 0.264. The third-order valence-corrected chi connectivity index (χ3v) is 4.49. The summed E-state index contributed by atoms with van der Waals surface area (Å²) in [6.07, 6.45) is 1.69. The highest BCUT2D eigenvalue weighted by Gasteiger charge is 2.37. The van der Waals surface area contributed by atoms with Crippen LogP contribution in [-0.4, -0.2) is 26.1 Å². The Hall–Kier alpha value is -3.34. The van der Waals surface area contributed by atoms with Crippen LogP contribution in [0.15, 0.2) is 65.4 Å². The molecule has 1 aliphatic heterocycles. The highest BCUT2D eigenvalue weighted by atomic mass is 16.5. The van der Waals surface area contributed by atoms with Crippen LogP contribution in [0.3, 0.4) is 0 Å². The second-order valence-corrected chi connectivity index (χ2v) is 6.26. The first-order valence-corrected chi connectivity index (χ1v) is 8.52. The number of rotatable bonds is 4. The fourth-order valence-electron chi connectivity index (χ4n) is 3.08. The van der Waals surface area contributed by atoms with Gasteiger partial charge in [-0.2, -0.15) is 0 Å². The van der Waals surface area contributed by atoms with Crippen LogP contribution in [0.1, 0.15) is 18.1 Å². The van der Waals surface area contributed by atoms with Gasteiger partial charge in [-0.05, 0) is 49.8 Å². The molecule has 0 radical (unpaired) electrons. The number of benzene rings is 2. The molecule has 0 saturated heterocycles. The first-order valence-electron chi connectivity index (χ1n) is 8.52. The molecule has 0 N–H and O–H groups in total. The SMILES string of the molecule is COC(=O)C1=C(C)N(c2ccc(C)cc2)C(=O)/C1=C\c1cccc(OC)c1. The van der Waals surface area contributed by atoms with Crippen LogP contribution < -0.4 is 9.64 Å². The molecule has 2 aromatic carbocycles. The molecule has 5 heteroatoms. The Morgan fingerprint density at radius 3 is 2.37 bits per heavy atom. The predicted molar refractivity (Wildman–Crippen MR) is 104 cm³/mol. The molecule has 0 atom stereocenters. The van der Waals surface area contributed by atoms with Crippen molar-refractivity contribution >= 4 is 23.6 Å². The number of nitrogens with zero attached hydrogens (tertiary/aromatic N) is 1. The Balaban J connectivity index is 2.12. The summed E-state index contributed by atoms with van der Waals surface area (Å²) in [4.78, 5) is 27.1. The van der Waals surface area contributed by atoms with Crippen molar-refractivity contribution in [3.05, 3.63) is 76.5 Å². The largest absolute Gasteiger partial charge is 0.497 e. The number of anilines is 1. The molecule has 0 unspecified atom stereocenters. The highest BCUT2D eigenvalue weighted by molar-refractivity contribution is 6.23. The van der Waals surface area contributed by atoms with Crippen molar-refractivity contribution in [2.45, 2.75) is 13.8 Å². The van der Waals surface area contributed by atoms with Gasteiger partial charge in [-0.25, -0.2) is 4.79 Å². The molecule has 138 valence electrons. The first-order chi connectivity index (χ1) is 13.0. The van der Waals surface area contributed by atoms with E-state index in [4.69, 9.17) is 9.47 Å². The molecule has 27 heavy (non-hydrogen) atoms. The minimum Gasteiger partial charge on any atom is -0.497 e. The summed E-state index contributed by atoms with van der Waals surface area (Å²) in [5, 5.41) is 0. The molecule has 0 saturated carbocycles. The summed E-state index contributed by atoms with van der Waals surface area (Å²) < 4.78 is 10.2. The highest BCUT2D eigenvalue weighted by Crippen LogP contribution is 2.35. The summed E-state index contributed by atoms with van der Waals surface area (Å²) >= 11 is 0. The van der Waals surface area contributed by atoms with Crippen molar-refractivity contribution in [1.29, 1.82) is 0 Å². The second-order valence-electron chi connectivity index (χ2n) is 6.26.